The second kappa shape index (κ2) is 8.92. The van der Waals surface area contributed by atoms with Crippen LogP contribution in [-0.4, -0.2) is 52.6 Å². The van der Waals surface area contributed by atoms with Crippen molar-refractivity contribution in [2.24, 2.45) is 5.92 Å². The molecule has 0 radical (unpaired) electrons. The van der Waals surface area contributed by atoms with Crippen LogP contribution in [0.4, 0.5) is 5.69 Å². The molecular formula is C27H29N3O5. The molecule has 0 bridgehead atoms. The van der Waals surface area contributed by atoms with Crippen LogP contribution in [0, 0.1) is 5.92 Å². The Bertz CT molecular complexity index is 1190. The lowest BCUT2D eigenvalue weighted by atomic mass is 9.94. The molecule has 1 spiro atoms. The first-order valence-corrected chi connectivity index (χ1v) is 12.0. The molecule has 1 unspecified atom stereocenters. The van der Waals surface area contributed by atoms with Crippen LogP contribution in [-0.2, 0) is 42.5 Å². The molecule has 2 fully saturated rings. The molecule has 182 valence electrons. The van der Waals surface area contributed by atoms with Gasteiger partial charge in [0.25, 0.3) is 5.91 Å². The van der Waals surface area contributed by atoms with E-state index in [0.29, 0.717) is 29.3 Å². The summed E-state index contributed by atoms with van der Waals surface area (Å²) in [6, 6.07) is 14.9. The average Bonchev–Trinajstić information content (AvgIpc) is 3.58. The van der Waals surface area contributed by atoms with E-state index < -0.39 is 11.5 Å². The predicted octanol–water partition coefficient (Wildman–Crippen LogP) is 2.61. The first-order valence-electron chi connectivity index (χ1n) is 12.0. The van der Waals surface area contributed by atoms with Crippen LogP contribution in [0.1, 0.15) is 43.4 Å². The fraction of sp³-hybridized carbons (Fsp3) is 0.407. The van der Waals surface area contributed by atoms with Crippen LogP contribution >= 0.6 is 0 Å². The van der Waals surface area contributed by atoms with Crippen LogP contribution in [0.2, 0.25) is 0 Å². The number of rotatable bonds is 7. The molecular weight excluding hydrogens is 446 g/mol. The fourth-order valence-electron chi connectivity index (χ4n) is 5.17. The second-order valence-corrected chi connectivity index (χ2v) is 9.70. The van der Waals surface area contributed by atoms with Crippen LogP contribution in [0.3, 0.4) is 0 Å². The molecule has 8 nitrogen and oxygen atoms in total. The highest BCUT2D eigenvalue weighted by Gasteiger charge is 2.59. The van der Waals surface area contributed by atoms with Gasteiger partial charge in [0, 0.05) is 37.2 Å². The van der Waals surface area contributed by atoms with Crippen molar-refractivity contribution in [3.63, 3.8) is 0 Å². The summed E-state index contributed by atoms with van der Waals surface area (Å²) in [5.41, 5.74) is 1.02. The third kappa shape index (κ3) is 4.23. The molecule has 2 aromatic carbocycles. The highest BCUT2D eigenvalue weighted by molar-refractivity contribution is 6.15. The Morgan fingerprint density at radius 2 is 1.91 bits per heavy atom. The smallest absolute Gasteiger partial charge is 0.269 e. The van der Waals surface area contributed by atoms with E-state index in [2.05, 4.69) is 12.2 Å². The van der Waals surface area contributed by atoms with Gasteiger partial charge >= 0.3 is 0 Å². The van der Waals surface area contributed by atoms with E-state index in [0.717, 1.165) is 18.4 Å². The lowest BCUT2D eigenvalue weighted by molar-refractivity contribution is -0.149. The number of fused-ring (bicyclic) bond motifs is 2. The Morgan fingerprint density at radius 1 is 1.17 bits per heavy atom. The standard InChI is InChI=1S/C27H29N3O5/c1-17(20-8-9-20)30(14-19-6-4-3-5-7-19)25(33)15-29-16-35-27(26(29)34)23-11-10-22(28-18(2)31)12-21(23)13-24(27)32/h3-7,10-12,17,20H,8-9,13-16H2,1-2H3,(H,28,31)/t17-,27?/m0/s1. The number of carbonyl (C=O) groups excluding carboxylic acids is 4. The number of benzene rings is 2. The van der Waals surface area contributed by atoms with Crippen LogP contribution in [0.5, 0.6) is 0 Å². The number of amides is 3. The molecule has 1 heterocycles. The summed E-state index contributed by atoms with van der Waals surface area (Å²) in [5, 5.41) is 2.69. The molecule has 1 saturated carbocycles. The number of Topliss-reactive ketones (excluding diaryl/α,β-unsaturated/α-hetero) is 1. The number of hydrogen-bond donors (Lipinski definition) is 1. The number of carbonyl (C=O) groups is 4. The molecule has 2 aromatic rings. The fourth-order valence-corrected chi connectivity index (χ4v) is 5.17. The Balaban J connectivity index is 1.35. The molecule has 3 aliphatic rings. The quantitative estimate of drug-likeness (QED) is 0.621. The molecule has 2 aliphatic carbocycles. The summed E-state index contributed by atoms with van der Waals surface area (Å²) in [6.45, 7) is 3.67. The van der Waals surface area contributed by atoms with Gasteiger partial charge in [0.2, 0.25) is 17.4 Å². The van der Waals surface area contributed by atoms with Crippen molar-refractivity contribution in [2.45, 2.75) is 51.3 Å². The van der Waals surface area contributed by atoms with E-state index in [9.17, 15) is 19.2 Å². The zero-order valence-corrected chi connectivity index (χ0v) is 20.0. The highest BCUT2D eigenvalue weighted by atomic mass is 16.5. The molecule has 1 saturated heterocycles. The van der Waals surface area contributed by atoms with E-state index >= 15 is 0 Å². The van der Waals surface area contributed by atoms with Crippen molar-refractivity contribution in [2.75, 3.05) is 18.6 Å². The summed E-state index contributed by atoms with van der Waals surface area (Å²) >= 11 is 0. The molecule has 1 aliphatic heterocycles. The molecule has 8 heteroatoms. The summed E-state index contributed by atoms with van der Waals surface area (Å²) in [6.07, 6.45) is 2.23. The van der Waals surface area contributed by atoms with Crippen molar-refractivity contribution in [1.82, 2.24) is 9.80 Å². The Hall–Kier alpha value is -3.52. The number of ketones is 1. The lowest BCUT2D eigenvalue weighted by Crippen LogP contribution is -2.48. The number of anilines is 1. The second-order valence-electron chi connectivity index (χ2n) is 9.70. The number of nitrogens with one attached hydrogen (secondary N) is 1. The summed E-state index contributed by atoms with van der Waals surface area (Å²) in [5.74, 6) is -0.752. The lowest BCUT2D eigenvalue weighted by Gasteiger charge is -2.31. The van der Waals surface area contributed by atoms with Crippen molar-refractivity contribution < 1.29 is 23.9 Å². The minimum Gasteiger partial charge on any atom is -0.334 e. The van der Waals surface area contributed by atoms with Gasteiger partial charge in [-0.2, -0.15) is 0 Å². The van der Waals surface area contributed by atoms with Gasteiger partial charge in [-0.15, -0.1) is 0 Å². The average molecular weight is 476 g/mol. The van der Waals surface area contributed by atoms with E-state index in [1.54, 1.807) is 18.2 Å². The van der Waals surface area contributed by atoms with Crippen molar-refractivity contribution >= 4 is 29.2 Å². The topological polar surface area (TPSA) is 96.0 Å². The van der Waals surface area contributed by atoms with E-state index in [-0.39, 0.29) is 43.3 Å². The molecule has 5 rings (SSSR count). The maximum absolute atomic E-state index is 13.5. The summed E-state index contributed by atoms with van der Waals surface area (Å²) in [4.78, 5) is 54.6. The highest BCUT2D eigenvalue weighted by Crippen LogP contribution is 2.43. The third-order valence-corrected chi connectivity index (χ3v) is 7.21. The van der Waals surface area contributed by atoms with Gasteiger partial charge in [-0.25, -0.2) is 0 Å². The van der Waals surface area contributed by atoms with Gasteiger partial charge in [-0.05, 0) is 48.9 Å². The van der Waals surface area contributed by atoms with Crippen LogP contribution in [0.25, 0.3) is 0 Å². The van der Waals surface area contributed by atoms with Gasteiger partial charge in [-0.3, -0.25) is 19.2 Å². The first kappa shape index (κ1) is 23.2. The normalized spacial score (nSPS) is 21.8. The van der Waals surface area contributed by atoms with Crippen LogP contribution in [0.15, 0.2) is 48.5 Å². The van der Waals surface area contributed by atoms with Crippen molar-refractivity contribution in [3.05, 3.63) is 65.2 Å². The molecule has 1 N–H and O–H groups in total. The first-order chi connectivity index (χ1) is 16.8. The zero-order valence-electron chi connectivity index (χ0n) is 20.0. The van der Waals surface area contributed by atoms with Crippen LogP contribution < -0.4 is 5.32 Å². The van der Waals surface area contributed by atoms with Gasteiger partial charge in [0.1, 0.15) is 13.3 Å². The minimum absolute atomic E-state index is 0.0368. The maximum atomic E-state index is 13.5. The van der Waals surface area contributed by atoms with Gasteiger partial charge in [-0.1, -0.05) is 36.4 Å². The summed E-state index contributed by atoms with van der Waals surface area (Å²) in [7, 11) is 0. The molecule has 0 aromatic heterocycles. The van der Waals surface area contributed by atoms with Gasteiger partial charge < -0.3 is 19.9 Å². The van der Waals surface area contributed by atoms with E-state index in [1.807, 2.05) is 35.2 Å². The predicted molar refractivity (Wildman–Crippen MR) is 128 cm³/mol. The van der Waals surface area contributed by atoms with Crippen molar-refractivity contribution in [3.8, 4) is 0 Å². The zero-order chi connectivity index (χ0) is 24.7. The Kier molecular flexibility index (Phi) is 5.92. The largest absolute Gasteiger partial charge is 0.334 e. The molecule has 35 heavy (non-hydrogen) atoms. The van der Waals surface area contributed by atoms with Gasteiger partial charge in [0.15, 0.2) is 5.78 Å². The maximum Gasteiger partial charge on any atom is 0.269 e. The van der Waals surface area contributed by atoms with E-state index in [1.165, 1.54) is 11.8 Å². The number of ether oxygens (including phenoxy) is 1. The summed E-state index contributed by atoms with van der Waals surface area (Å²) < 4.78 is 5.87. The van der Waals surface area contributed by atoms with Crippen molar-refractivity contribution in [1.29, 1.82) is 0 Å². The monoisotopic (exact) mass is 475 g/mol. The van der Waals surface area contributed by atoms with E-state index in [4.69, 9.17) is 4.74 Å². The Morgan fingerprint density at radius 3 is 2.60 bits per heavy atom. The molecule has 3 amide bonds. The Labute approximate surface area is 204 Å². The molecule has 2 atom stereocenters. The minimum atomic E-state index is -1.71. The number of nitrogens with zero attached hydrogens (tertiary/aromatic N) is 2. The van der Waals surface area contributed by atoms with Gasteiger partial charge in [0.05, 0.1) is 0 Å². The SMILES string of the molecule is CC(=O)Nc1ccc2c(c1)CC(=O)C21OCN(CC(=O)N(Cc2ccccc2)[C@@H](C)C2CC2)C1=O. The number of hydrogen-bond acceptors (Lipinski definition) is 5. The third-order valence-electron chi connectivity index (χ3n) is 7.21.